The molecule has 0 N–H and O–H groups in total. The molecule has 18 heavy (non-hydrogen) atoms. The summed E-state index contributed by atoms with van der Waals surface area (Å²) in [7, 11) is 2.20. The molecule has 0 radical (unpaired) electrons. The van der Waals surface area contributed by atoms with Crippen LogP contribution >= 0.6 is 11.6 Å². The van der Waals surface area contributed by atoms with E-state index < -0.39 is 0 Å². The zero-order valence-corrected chi connectivity index (χ0v) is 12.4. The van der Waals surface area contributed by atoms with Crippen LogP contribution in [0.2, 0.25) is 0 Å². The van der Waals surface area contributed by atoms with Crippen LogP contribution in [0.5, 0.6) is 0 Å². The number of likely N-dealkylation sites (N-methyl/N-ethyl adjacent to an activating group) is 1. The first kappa shape index (κ1) is 13.6. The second-order valence-electron chi connectivity index (χ2n) is 5.32. The predicted octanol–water partition coefficient (Wildman–Crippen LogP) is 2.66. The molecule has 3 nitrogen and oxygen atoms in total. The van der Waals surface area contributed by atoms with Gasteiger partial charge in [0.1, 0.15) is 5.82 Å². The fourth-order valence-corrected chi connectivity index (χ4v) is 2.77. The van der Waals surface area contributed by atoms with Crippen molar-refractivity contribution < 1.29 is 0 Å². The highest BCUT2D eigenvalue weighted by molar-refractivity contribution is 6.17. The monoisotopic (exact) mass is 267 g/mol. The lowest BCUT2D eigenvalue weighted by atomic mass is 10.1. The van der Waals surface area contributed by atoms with E-state index >= 15 is 0 Å². The predicted molar refractivity (Wildman–Crippen MR) is 77.4 cm³/mol. The van der Waals surface area contributed by atoms with Crippen molar-refractivity contribution in [2.75, 3.05) is 25.0 Å². The summed E-state index contributed by atoms with van der Waals surface area (Å²) in [6.45, 7) is 8.64. The molecule has 100 valence electrons. The first-order chi connectivity index (χ1) is 8.52. The van der Waals surface area contributed by atoms with Crippen LogP contribution < -0.4 is 4.90 Å². The van der Waals surface area contributed by atoms with E-state index in [1.54, 1.807) is 0 Å². The zero-order chi connectivity index (χ0) is 13.3. The fourth-order valence-electron chi connectivity index (χ4n) is 2.49. The number of halogens is 1. The maximum atomic E-state index is 5.88. The number of piperazine rings is 1. The normalized spacial score (nSPS) is 25.5. The van der Waals surface area contributed by atoms with Crippen LogP contribution in [0, 0.1) is 6.92 Å². The molecule has 0 aromatic carbocycles. The van der Waals surface area contributed by atoms with Gasteiger partial charge in [0.25, 0.3) is 0 Å². The van der Waals surface area contributed by atoms with Crippen molar-refractivity contribution in [2.24, 2.45) is 0 Å². The second-order valence-corrected chi connectivity index (χ2v) is 5.58. The van der Waals surface area contributed by atoms with Crippen molar-refractivity contribution in [3.05, 3.63) is 23.4 Å². The van der Waals surface area contributed by atoms with Gasteiger partial charge in [0.05, 0.1) is 0 Å². The highest BCUT2D eigenvalue weighted by atomic mass is 35.5. The number of pyridine rings is 1. The van der Waals surface area contributed by atoms with Gasteiger partial charge in [-0.05, 0) is 39.4 Å². The molecule has 1 aliphatic heterocycles. The molecule has 0 aliphatic carbocycles. The van der Waals surface area contributed by atoms with Gasteiger partial charge in [-0.25, -0.2) is 4.98 Å². The van der Waals surface area contributed by atoms with E-state index in [2.05, 4.69) is 47.8 Å². The molecule has 0 bridgehead atoms. The van der Waals surface area contributed by atoms with Crippen LogP contribution in [0.15, 0.2) is 12.1 Å². The van der Waals surface area contributed by atoms with E-state index in [1.807, 2.05) is 6.92 Å². The number of aryl methyl sites for hydroxylation is 1. The van der Waals surface area contributed by atoms with Gasteiger partial charge in [0.15, 0.2) is 0 Å². The van der Waals surface area contributed by atoms with Gasteiger partial charge in [0, 0.05) is 36.7 Å². The summed E-state index contributed by atoms with van der Waals surface area (Å²) in [6.07, 6.45) is 0. The number of alkyl halides is 1. The van der Waals surface area contributed by atoms with Crippen LogP contribution in [-0.2, 0) is 5.88 Å². The van der Waals surface area contributed by atoms with Crippen LogP contribution in [0.25, 0.3) is 0 Å². The molecule has 0 amide bonds. The van der Waals surface area contributed by atoms with E-state index in [-0.39, 0.29) is 0 Å². The molecule has 1 aromatic rings. The Kier molecular flexibility index (Phi) is 4.13. The highest BCUT2D eigenvalue weighted by Gasteiger charge is 2.27. The third kappa shape index (κ3) is 2.62. The number of rotatable bonds is 2. The number of hydrogen-bond donors (Lipinski definition) is 0. The Bertz CT molecular complexity index is 410. The molecule has 0 saturated carbocycles. The van der Waals surface area contributed by atoms with Crippen molar-refractivity contribution in [2.45, 2.75) is 38.7 Å². The maximum Gasteiger partial charge on any atom is 0.128 e. The van der Waals surface area contributed by atoms with Gasteiger partial charge in [-0.15, -0.1) is 11.6 Å². The number of aromatic nitrogens is 1. The van der Waals surface area contributed by atoms with E-state index in [9.17, 15) is 0 Å². The van der Waals surface area contributed by atoms with Crippen molar-refractivity contribution >= 4 is 17.4 Å². The van der Waals surface area contributed by atoms with Crippen molar-refractivity contribution in [1.82, 2.24) is 9.88 Å². The van der Waals surface area contributed by atoms with E-state index in [1.165, 1.54) is 0 Å². The molecule has 0 spiro atoms. The molecule has 1 aliphatic rings. The molecule has 2 heterocycles. The van der Waals surface area contributed by atoms with Crippen LogP contribution in [0.3, 0.4) is 0 Å². The number of nitrogens with zero attached hydrogens (tertiary/aromatic N) is 3. The molecular formula is C14H22ClN3. The summed E-state index contributed by atoms with van der Waals surface area (Å²) >= 11 is 5.88. The van der Waals surface area contributed by atoms with Gasteiger partial charge in [-0.2, -0.15) is 0 Å². The lowest BCUT2D eigenvalue weighted by molar-refractivity contribution is 0.169. The average Bonchev–Trinajstić information content (AvgIpc) is 2.35. The second kappa shape index (κ2) is 5.45. The number of anilines is 1. The van der Waals surface area contributed by atoms with Crippen molar-refractivity contribution in [1.29, 1.82) is 0 Å². The maximum absolute atomic E-state index is 5.88. The summed E-state index contributed by atoms with van der Waals surface area (Å²) in [6, 6.07) is 5.31. The van der Waals surface area contributed by atoms with E-state index in [0.717, 1.165) is 30.2 Å². The first-order valence-corrected chi connectivity index (χ1v) is 7.05. The van der Waals surface area contributed by atoms with Crippen molar-refractivity contribution in [3.8, 4) is 0 Å². The minimum atomic E-state index is 0.536. The van der Waals surface area contributed by atoms with Gasteiger partial charge < -0.3 is 4.90 Å². The topological polar surface area (TPSA) is 19.4 Å². The Morgan fingerprint density at radius 2 is 1.89 bits per heavy atom. The molecule has 1 saturated heterocycles. The van der Waals surface area contributed by atoms with Gasteiger partial charge in [-0.3, -0.25) is 4.90 Å². The smallest absolute Gasteiger partial charge is 0.128 e. The van der Waals surface area contributed by atoms with Crippen LogP contribution in [0.4, 0.5) is 5.82 Å². The Morgan fingerprint density at radius 1 is 1.28 bits per heavy atom. The molecule has 2 rings (SSSR count). The zero-order valence-electron chi connectivity index (χ0n) is 11.7. The van der Waals surface area contributed by atoms with Crippen molar-refractivity contribution in [3.63, 3.8) is 0 Å². The Hall–Kier alpha value is -0.800. The minimum Gasteiger partial charge on any atom is -0.353 e. The molecule has 2 atom stereocenters. The van der Waals surface area contributed by atoms with Gasteiger partial charge >= 0.3 is 0 Å². The van der Waals surface area contributed by atoms with E-state index in [4.69, 9.17) is 11.6 Å². The number of hydrogen-bond acceptors (Lipinski definition) is 3. The van der Waals surface area contributed by atoms with Crippen LogP contribution in [-0.4, -0.2) is 42.1 Å². The molecule has 2 unspecified atom stereocenters. The van der Waals surface area contributed by atoms with Crippen LogP contribution in [0.1, 0.15) is 25.1 Å². The summed E-state index contributed by atoms with van der Waals surface area (Å²) in [5.74, 6) is 1.61. The largest absolute Gasteiger partial charge is 0.353 e. The quantitative estimate of drug-likeness (QED) is 0.768. The third-order valence-electron chi connectivity index (χ3n) is 4.01. The first-order valence-electron chi connectivity index (χ1n) is 6.52. The Morgan fingerprint density at radius 3 is 2.39 bits per heavy atom. The summed E-state index contributed by atoms with van der Waals surface area (Å²) in [5.41, 5.74) is 2.16. The third-order valence-corrected chi connectivity index (χ3v) is 4.30. The van der Waals surface area contributed by atoms with Gasteiger partial charge in [0.2, 0.25) is 0 Å². The Balaban J connectivity index is 2.19. The Labute approximate surface area is 115 Å². The SMILES string of the molecule is Cc1nc(N2CC(C)N(C)C(C)C2)ccc1CCl. The van der Waals surface area contributed by atoms with E-state index in [0.29, 0.717) is 18.0 Å². The average molecular weight is 268 g/mol. The highest BCUT2D eigenvalue weighted by Crippen LogP contribution is 2.21. The minimum absolute atomic E-state index is 0.536. The molecule has 1 fully saturated rings. The van der Waals surface area contributed by atoms with Gasteiger partial charge in [-0.1, -0.05) is 6.07 Å². The lowest BCUT2D eigenvalue weighted by Crippen LogP contribution is -2.55. The standard InChI is InChI=1S/C14H22ClN3/c1-10-8-18(9-11(2)17(10)4)14-6-5-13(7-15)12(3)16-14/h5-6,10-11H,7-9H2,1-4H3. The molecule has 4 heteroatoms. The summed E-state index contributed by atoms with van der Waals surface area (Å²) in [5, 5.41) is 0. The lowest BCUT2D eigenvalue weighted by Gasteiger charge is -2.43. The summed E-state index contributed by atoms with van der Waals surface area (Å²) < 4.78 is 0. The molecular weight excluding hydrogens is 246 g/mol. The fraction of sp³-hybridized carbons (Fsp3) is 0.643. The molecule has 1 aromatic heterocycles. The summed E-state index contributed by atoms with van der Waals surface area (Å²) in [4.78, 5) is 9.49.